The van der Waals surface area contributed by atoms with Gasteiger partial charge in [-0.1, -0.05) is 0 Å². The van der Waals surface area contributed by atoms with E-state index >= 15 is 0 Å². The average molecular weight is 585 g/mol. The molecule has 0 amide bonds. The molecule has 192 valence electrons. The van der Waals surface area contributed by atoms with E-state index in [0.29, 0.717) is 16.5 Å². The second kappa shape index (κ2) is 9.25. The fraction of sp³-hybridized carbons (Fsp3) is 0.750. The Morgan fingerprint density at radius 2 is 0.938 bits per heavy atom. The summed E-state index contributed by atoms with van der Waals surface area (Å²) in [6.45, 7) is 33.8. The van der Waals surface area contributed by atoms with E-state index in [-0.39, 0.29) is 15.1 Å². The van der Waals surface area contributed by atoms with Crippen LogP contribution in [-0.4, -0.2) is 25.0 Å². The Hall–Kier alpha value is 0.0406. The van der Waals surface area contributed by atoms with Gasteiger partial charge in [0.2, 0.25) is 0 Å². The van der Waals surface area contributed by atoms with Crippen molar-refractivity contribution in [2.24, 2.45) is 0 Å². The summed E-state index contributed by atoms with van der Waals surface area (Å²) in [4.78, 5) is 0. The zero-order valence-electron chi connectivity index (χ0n) is 23.3. The number of benzene rings is 1. The maximum atomic E-state index is 6.91. The monoisotopic (exact) mass is 583 g/mol. The van der Waals surface area contributed by atoms with Crippen LogP contribution in [0.15, 0.2) is 10.5 Å². The average Bonchev–Trinajstić information content (AvgIpc) is 2.51. The fourth-order valence-corrected chi connectivity index (χ4v) is 6.95. The molecule has 8 heteroatoms. The summed E-state index contributed by atoms with van der Waals surface area (Å²) >= 11 is 10.8. The third-order valence-electron chi connectivity index (χ3n) is 8.60. The van der Waals surface area contributed by atoms with E-state index in [1.54, 1.807) is 0 Å². The zero-order valence-corrected chi connectivity index (χ0v) is 29.1. The van der Waals surface area contributed by atoms with Crippen LogP contribution < -0.4 is 13.3 Å². The molecule has 0 saturated carbocycles. The molecule has 1 aromatic carbocycles. The van der Waals surface area contributed by atoms with Gasteiger partial charge in [0.1, 0.15) is 0 Å². The standard InChI is InChI=1S/C24H49BrClO3Si3/c1-22(2,3)30(10,11)27-18-16-17(26)20(28-31(12,13)23(4,5)6)21(19(18)25)29-32(14,15)24(7,8)9/h16,30-32H,1-15H3/q-3. The van der Waals surface area contributed by atoms with Crippen molar-refractivity contribution in [1.82, 2.24) is 0 Å². The molecule has 0 saturated heterocycles. The van der Waals surface area contributed by atoms with Gasteiger partial charge in [-0.25, -0.2) is 0 Å². The molecule has 1 aromatic rings. The minimum atomic E-state index is -2.50. The first-order valence-electron chi connectivity index (χ1n) is 12.1. The van der Waals surface area contributed by atoms with Gasteiger partial charge in [-0.05, 0) is 0 Å². The van der Waals surface area contributed by atoms with E-state index in [1.165, 1.54) is 0 Å². The Labute approximate surface area is 214 Å². The van der Waals surface area contributed by atoms with Crippen molar-refractivity contribution < 1.29 is 13.3 Å². The summed E-state index contributed by atoms with van der Waals surface area (Å²) in [6.07, 6.45) is 0. The van der Waals surface area contributed by atoms with Crippen LogP contribution in [0.5, 0.6) is 17.2 Å². The molecule has 0 N–H and O–H groups in total. The molecular formula is C24H49BrClO3Si3-3. The molecule has 0 aliphatic rings. The second-order valence-electron chi connectivity index (χ2n) is 14.5. The van der Waals surface area contributed by atoms with Crippen molar-refractivity contribution in [2.75, 3.05) is 0 Å². The van der Waals surface area contributed by atoms with Crippen molar-refractivity contribution in [2.45, 2.75) is 117 Å². The van der Waals surface area contributed by atoms with Crippen molar-refractivity contribution in [3.05, 3.63) is 15.6 Å². The number of rotatable bonds is 6. The van der Waals surface area contributed by atoms with Gasteiger partial charge >= 0.3 is 215 Å². The molecule has 0 radical (unpaired) electrons. The summed E-state index contributed by atoms with van der Waals surface area (Å²) < 4.78 is 21.2. The van der Waals surface area contributed by atoms with Crippen molar-refractivity contribution >= 4 is 52.5 Å². The summed E-state index contributed by atoms with van der Waals surface area (Å²) in [6, 6.07) is 1.91. The van der Waals surface area contributed by atoms with Crippen LogP contribution >= 0.6 is 27.5 Å². The first-order valence-corrected chi connectivity index (χ1v) is 23.4. The Morgan fingerprint density at radius 3 is 1.28 bits per heavy atom. The molecule has 0 atom stereocenters. The van der Waals surface area contributed by atoms with Gasteiger partial charge < -0.3 is 0 Å². The van der Waals surface area contributed by atoms with E-state index in [0.717, 1.165) is 10.2 Å². The Balaban J connectivity index is 3.76. The van der Waals surface area contributed by atoms with Crippen LogP contribution in [0.3, 0.4) is 0 Å². The predicted octanol–water partition coefficient (Wildman–Crippen LogP) is 9.45. The van der Waals surface area contributed by atoms with E-state index in [4.69, 9.17) is 24.9 Å². The van der Waals surface area contributed by atoms with Crippen LogP contribution in [0, 0.1) is 0 Å². The summed E-state index contributed by atoms with van der Waals surface area (Å²) in [7, 11) is -7.39. The quantitative estimate of drug-likeness (QED) is 0.312. The van der Waals surface area contributed by atoms with E-state index < -0.39 is 25.0 Å². The van der Waals surface area contributed by atoms with Gasteiger partial charge in [0.15, 0.2) is 0 Å². The van der Waals surface area contributed by atoms with Crippen LogP contribution in [0.1, 0.15) is 62.3 Å². The molecule has 3 nitrogen and oxygen atoms in total. The van der Waals surface area contributed by atoms with Gasteiger partial charge in [0.25, 0.3) is 0 Å². The van der Waals surface area contributed by atoms with Crippen molar-refractivity contribution in [3.63, 3.8) is 0 Å². The molecule has 0 fully saturated rings. The first-order chi connectivity index (χ1) is 13.8. The third-order valence-corrected chi connectivity index (χ3v) is 24.6. The zero-order chi connectivity index (χ0) is 25.7. The van der Waals surface area contributed by atoms with Crippen LogP contribution in [0.25, 0.3) is 0 Å². The summed E-state index contributed by atoms with van der Waals surface area (Å²) in [5.74, 6) is 2.12. The SMILES string of the molecule is CC(C)(C)[SiH-](C)(C)Oc1cc(Cl)c(O[SiH-](C)(C)C(C)(C)C)c(O[SiH-](C)(C)C(C)(C)C)c1Br. The molecule has 0 aromatic heterocycles. The summed E-state index contributed by atoms with van der Waals surface area (Å²) in [5, 5.41) is 0.783. The minimum absolute atomic E-state index is 0.0630. The number of hydrogen-bond acceptors (Lipinski definition) is 3. The van der Waals surface area contributed by atoms with Crippen LogP contribution in [0.4, 0.5) is 0 Å². The van der Waals surface area contributed by atoms with E-state index in [9.17, 15) is 0 Å². The second-order valence-corrected chi connectivity index (χ2v) is 32.1. The molecule has 0 spiro atoms. The van der Waals surface area contributed by atoms with Crippen molar-refractivity contribution in [3.8, 4) is 17.2 Å². The molecule has 0 unspecified atom stereocenters. The summed E-state index contributed by atoms with van der Waals surface area (Å²) in [5.41, 5.74) is 0. The molecule has 0 aliphatic heterocycles. The molecule has 0 bridgehead atoms. The third kappa shape index (κ3) is 6.58. The van der Waals surface area contributed by atoms with E-state index in [1.807, 2.05) is 6.07 Å². The Morgan fingerprint density at radius 1 is 0.625 bits per heavy atom. The van der Waals surface area contributed by atoms with E-state index in [2.05, 4.69) is 118 Å². The maximum absolute atomic E-state index is 6.91. The molecular weight excluding hydrogens is 536 g/mol. The van der Waals surface area contributed by atoms with Crippen LogP contribution in [0.2, 0.25) is 59.4 Å². The Bertz CT molecular complexity index is 833. The molecule has 0 aliphatic carbocycles. The van der Waals surface area contributed by atoms with Gasteiger partial charge in [0, 0.05) is 0 Å². The topological polar surface area (TPSA) is 27.7 Å². The van der Waals surface area contributed by atoms with Gasteiger partial charge in [0.05, 0.1) is 0 Å². The van der Waals surface area contributed by atoms with Gasteiger partial charge in [-0.3, -0.25) is 0 Å². The van der Waals surface area contributed by atoms with Crippen molar-refractivity contribution in [1.29, 1.82) is 0 Å². The first kappa shape index (κ1) is 30.1. The molecule has 32 heavy (non-hydrogen) atoms. The van der Waals surface area contributed by atoms with Gasteiger partial charge in [-0.15, -0.1) is 0 Å². The Kier molecular flexibility index (Phi) is 8.69. The fourth-order valence-electron chi connectivity index (χ4n) is 2.30. The van der Waals surface area contributed by atoms with Crippen LogP contribution in [-0.2, 0) is 0 Å². The normalized spacial score (nSPS) is 15.9. The van der Waals surface area contributed by atoms with Gasteiger partial charge in [-0.2, -0.15) is 0 Å². The number of hydrogen-bond donors (Lipinski definition) is 0. The predicted molar refractivity (Wildman–Crippen MR) is 157 cm³/mol. The number of halogens is 2. The molecule has 0 heterocycles. The molecule has 1 rings (SSSR count).